The van der Waals surface area contributed by atoms with Gasteiger partial charge in [0.05, 0.1) is 33.6 Å². The van der Waals surface area contributed by atoms with Gasteiger partial charge in [0.25, 0.3) is 0 Å². The van der Waals surface area contributed by atoms with Gasteiger partial charge in [0.1, 0.15) is 0 Å². The Balaban J connectivity index is 0.524. The van der Waals surface area contributed by atoms with E-state index in [0.29, 0.717) is 11.6 Å². The molecule has 2 heterocycles. The third-order valence-electron chi connectivity index (χ3n) is 27.0. The number of benzene rings is 17. The van der Waals surface area contributed by atoms with Crippen molar-refractivity contribution in [1.82, 2.24) is 19.9 Å². The van der Waals surface area contributed by atoms with Gasteiger partial charge in [-0.15, -0.1) is 0 Å². The molecule has 0 radical (unpaired) electrons. The molecule has 4 heteroatoms. The highest BCUT2D eigenvalue weighted by Gasteiger charge is 2.55. The first kappa shape index (κ1) is 72.2. The molecule has 0 atom stereocenters. The Kier molecular flexibility index (Phi) is 16.7. The lowest BCUT2D eigenvalue weighted by molar-refractivity contribution is 0.563. The fourth-order valence-corrected chi connectivity index (χ4v) is 21.0. The second-order valence-electron chi connectivity index (χ2n) is 34.2. The van der Waals surface area contributed by atoms with Crippen molar-refractivity contribution in [3.8, 4) is 157 Å². The zero-order valence-corrected chi connectivity index (χ0v) is 68.2. The maximum Gasteiger partial charge on any atom is 0.160 e. The molecule has 19 aromatic rings. The van der Waals surface area contributed by atoms with E-state index in [1.807, 2.05) is 0 Å². The number of nitrogens with zero attached hydrogens (tertiary/aromatic N) is 4. The summed E-state index contributed by atoms with van der Waals surface area (Å²) in [4.78, 5) is 21.5. The van der Waals surface area contributed by atoms with Crippen LogP contribution in [0.1, 0.15) is 94.5 Å². The molecule has 0 bridgehead atoms. The Labute approximate surface area is 712 Å². The zero-order chi connectivity index (χ0) is 81.4. The van der Waals surface area contributed by atoms with Crippen LogP contribution in [0.3, 0.4) is 0 Å². The first-order chi connectivity index (χ1) is 59.9. The van der Waals surface area contributed by atoms with Gasteiger partial charge in [-0.2, -0.15) is 0 Å². The molecule has 4 aliphatic rings. The van der Waals surface area contributed by atoms with E-state index in [9.17, 15) is 0 Å². The minimum Gasteiger partial charge on any atom is -0.228 e. The van der Waals surface area contributed by atoms with Crippen molar-refractivity contribution in [2.45, 2.75) is 49.4 Å². The summed E-state index contributed by atoms with van der Waals surface area (Å²) < 4.78 is 0. The van der Waals surface area contributed by atoms with Crippen LogP contribution >= 0.6 is 0 Å². The van der Waals surface area contributed by atoms with Crippen LogP contribution in [0.15, 0.2) is 425 Å². The van der Waals surface area contributed by atoms with Crippen molar-refractivity contribution in [1.29, 1.82) is 0 Å². The number of aromatic nitrogens is 4. The van der Waals surface area contributed by atoms with Gasteiger partial charge in [-0.3, -0.25) is 0 Å². The summed E-state index contributed by atoms with van der Waals surface area (Å²) >= 11 is 0. The molecule has 0 saturated heterocycles. The van der Waals surface area contributed by atoms with Crippen LogP contribution in [-0.4, -0.2) is 19.9 Å². The van der Waals surface area contributed by atoms with Gasteiger partial charge in [0.2, 0.25) is 0 Å². The molecule has 122 heavy (non-hydrogen) atoms. The van der Waals surface area contributed by atoms with Crippen molar-refractivity contribution in [2.75, 3.05) is 0 Å². The Hall–Kier alpha value is -15.1. The van der Waals surface area contributed by atoms with E-state index in [0.717, 1.165) is 112 Å². The summed E-state index contributed by atoms with van der Waals surface area (Å²) in [5, 5.41) is 0. The molecule has 4 aliphatic carbocycles. The minimum atomic E-state index is -0.465. The summed E-state index contributed by atoms with van der Waals surface area (Å²) in [6.07, 6.45) is 0. The number of hydrogen-bond donors (Lipinski definition) is 0. The van der Waals surface area contributed by atoms with Gasteiger partial charge < -0.3 is 0 Å². The number of hydrogen-bond acceptors (Lipinski definition) is 4. The molecule has 4 nitrogen and oxygen atoms in total. The lowest BCUT2D eigenvalue weighted by atomic mass is 9.55. The van der Waals surface area contributed by atoms with Gasteiger partial charge >= 0.3 is 0 Å². The van der Waals surface area contributed by atoms with E-state index < -0.39 is 10.8 Å². The zero-order valence-electron chi connectivity index (χ0n) is 68.2. The van der Waals surface area contributed by atoms with Crippen molar-refractivity contribution in [2.24, 2.45) is 0 Å². The lowest BCUT2D eigenvalue weighted by Gasteiger charge is -2.46. The van der Waals surface area contributed by atoms with E-state index in [1.165, 1.54) is 100 Å². The van der Waals surface area contributed by atoms with E-state index in [2.05, 4.69) is 452 Å². The molecule has 0 saturated carbocycles. The van der Waals surface area contributed by atoms with Crippen LogP contribution < -0.4 is 0 Å². The molecule has 23 rings (SSSR count). The van der Waals surface area contributed by atoms with Gasteiger partial charge in [-0.05, 0) is 186 Å². The quantitative estimate of drug-likeness (QED) is 0.122. The third-order valence-corrected chi connectivity index (χ3v) is 27.0. The first-order valence-electron chi connectivity index (χ1n) is 42.5. The Morgan fingerprint density at radius 2 is 0.402 bits per heavy atom. The summed E-state index contributed by atoms with van der Waals surface area (Å²) in [6.45, 7) is 9.53. The molecule has 2 spiro atoms. The highest BCUT2D eigenvalue weighted by Crippen LogP contribution is 2.65. The second-order valence-corrected chi connectivity index (χ2v) is 34.2. The molecular formula is C118H82N4. The van der Waals surface area contributed by atoms with Crippen molar-refractivity contribution in [3.63, 3.8) is 0 Å². The van der Waals surface area contributed by atoms with Crippen LogP contribution in [0, 0.1) is 0 Å². The molecule has 0 unspecified atom stereocenters. The number of fused-ring (bicyclic) bond motifs is 18. The van der Waals surface area contributed by atoms with Crippen LogP contribution in [0.5, 0.6) is 0 Å². The molecule has 0 fully saturated rings. The summed E-state index contributed by atoms with van der Waals surface area (Å²) in [5.41, 5.74) is 43.2. The van der Waals surface area contributed by atoms with Gasteiger partial charge in [0, 0.05) is 44.2 Å². The summed E-state index contributed by atoms with van der Waals surface area (Å²) in [7, 11) is 0. The highest BCUT2D eigenvalue weighted by atomic mass is 14.9. The normalized spacial score (nSPS) is 14.0. The number of rotatable bonds is 12. The first-order valence-corrected chi connectivity index (χ1v) is 42.5. The molecule has 574 valence electrons. The Morgan fingerprint density at radius 3 is 0.861 bits per heavy atom. The molecule has 0 N–H and O–H groups in total. The van der Waals surface area contributed by atoms with Crippen LogP contribution in [-0.2, 0) is 21.7 Å². The van der Waals surface area contributed by atoms with E-state index in [4.69, 9.17) is 19.9 Å². The molecule has 2 aromatic heterocycles. The fourth-order valence-electron chi connectivity index (χ4n) is 21.0. The lowest BCUT2D eigenvalue weighted by Crippen LogP contribution is -2.40. The molecule has 17 aromatic carbocycles. The smallest absolute Gasteiger partial charge is 0.160 e. The topological polar surface area (TPSA) is 51.6 Å². The highest BCUT2D eigenvalue weighted by molar-refractivity contribution is 5.98. The van der Waals surface area contributed by atoms with E-state index in [1.54, 1.807) is 0 Å². The standard InChI is InChI=1S/C118H82N4/c1-115(2)99-39-15-19-43-103(99)117(104-44-20-16-40-100(104)115)96-37-13-11-34-93(96)95-72-90(68-69-98(95)117)89-32-24-33-91(71-89)114-121-110(83-60-52-76(53-61-83)75-26-7-5-8-27-75)74-111(122-114)84-62-54-78(55-63-84)77-48-50-79(51-49-77)87-30-23-31-88(70-87)80-56-66-86(67-57-80)113-119-108(82-28-9-6-10-29-82)73-109(120-113)85-64-58-81(59-65-85)92-36-25-47-107-112(92)94-35-12-14-38-97(94)118(107)105-45-21-17-41-101(105)116(3,4)102-42-18-22-46-106(102)118/h5-74H,1-4H3. The molecule has 0 amide bonds. The Bertz CT molecular complexity index is 7280. The van der Waals surface area contributed by atoms with Crippen LogP contribution in [0.2, 0.25) is 0 Å². The van der Waals surface area contributed by atoms with Gasteiger partial charge in [0.15, 0.2) is 11.6 Å². The van der Waals surface area contributed by atoms with Crippen LogP contribution in [0.4, 0.5) is 0 Å². The molecular weight excluding hydrogens is 1470 g/mol. The fraction of sp³-hybridized carbons (Fsp3) is 0.0678. The average Bonchev–Trinajstić information content (AvgIpc) is 1.49. The van der Waals surface area contributed by atoms with Crippen molar-refractivity contribution in [3.05, 3.63) is 491 Å². The predicted molar refractivity (Wildman–Crippen MR) is 502 cm³/mol. The monoisotopic (exact) mass is 1550 g/mol. The Morgan fingerprint density at radius 1 is 0.148 bits per heavy atom. The summed E-state index contributed by atoms with van der Waals surface area (Å²) in [5.74, 6) is 1.34. The SMILES string of the molecule is CC1(C)c2ccccc2C2(c3ccccc3-c3cc(-c4cccc(-c5nc(-c6ccc(-c7ccccc7)cc6)cc(-c6ccc(-c7ccc(-c8cccc(-c9ccc(-c%10nc(-c%11ccccc%11)cc(-c%11ccc(-c%12cccc%13c%12-c%12ccccc%12C%13%12c%13ccccc%13C(C)(C)c%13ccccc%13%12)cc%11)n%10)cc9)c8)cc7)cc6)n5)c4)ccc32)c2ccccc21. The molecule has 0 aliphatic heterocycles. The maximum absolute atomic E-state index is 5.44. The second kappa shape index (κ2) is 28.3. The van der Waals surface area contributed by atoms with E-state index in [-0.39, 0.29) is 10.8 Å². The average molecular weight is 1560 g/mol. The van der Waals surface area contributed by atoms with Gasteiger partial charge in [-0.1, -0.05) is 422 Å². The largest absolute Gasteiger partial charge is 0.228 e. The van der Waals surface area contributed by atoms with E-state index >= 15 is 0 Å². The van der Waals surface area contributed by atoms with Crippen molar-refractivity contribution >= 4 is 0 Å². The minimum absolute atomic E-state index is 0.164. The van der Waals surface area contributed by atoms with Crippen LogP contribution in [0.25, 0.3) is 157 Å². The van der Waals surface area contributed by atoms with Crippen molar-refractivity contribution < 1.29 is 0 Å². The summed E-state index contributed by atoms with van der Waals surface area (Å²) in [6, 6.07) is 156. The third kappa shape index (κ3) is 11.3. The van der Waals surface area contributed by atoms with Gasteiger partial charge in [-0.25, -0.2) is 19.9 Å². The predicted octanol–water partition coefficient (Wildman–Crippen LogP) is 29.3. The maximum atomic E-state index is 5.44.